The lowest BCUT2D eigenvalue weighted by atomic mass is 9.96. The van der Waals surface area contributed by atoms with Crippen LogP contribution in [0.4, 0.5) is 5.82 Å². The van der Waals surface area contributed by atoms with Crippen molar-refractivity contribution in [1.82, 2.24) is 20.5 Å². The minimum Gasteiger partial charge on any atom is -0.356 e. The summed E-state index contributed by atoms with van der Waals surface area (Å²) in [7, 11) is 3.98. The molecule has 7 heteroatoms. The molecule has 1 aromatic heterocycles. The maximum absolute atomic E-state index is 6.19. The molecule has 0 amide bonds. The second-order valence-electron chi connectivity index (χ2n) is 8.38. The van der Waals surface area contributed by atoms with E-state index in [0.29, 0.717) is 6.54 Å². The predicted molar refractivity (Wildman–Crippen MR) is 125 cm³/mol. The van der Waals surface area contributed by atoms with Crippen LogP contribution in [-0.4, -0.2) is 62.7 Å². The lowest BCUT2D eigenvalue weighted by Crippen LogP contribution is -2.44. The smallest absolute Gasteiger partial charge is 0.191 e. The zero-order valence-electron chi connectivity index (χ0n) is 17.9. The normalized spacial score (nSPS) is 18.9. The molecular weight excluding hydrogens is 396 g/mol. The second kappa shape index (κ2) is 9.23. The van der Waals surface area contributed by atoms with Crippen LogP contribution in [-0.2, 0) is 12.0 Å². The lowest BCUT2D eigenvalue weighted by Gasteiger charge is -2.33. The number of benzene rings is 1. The van der Waals surface area contributed by atoms with E-state index in [1.807, 2.05) is 25.4 Å². The fourth-order valence-electron chi connectivity index (χ4n) is 3.94. The van der Waals surface area contributed by atoms with Gasteiger partial charge in [0.15, 0.2) is 5.96 Å². The number of rotatable bonds is 6. The first-order valence-electron chi connectivity index (χ1n) is 10.7. The van der Waals surface area contributed by atoms with Crippen LogP contribution in [0.3, 0.4) is 0 Å². The number of hydrogen-bond acceptors (Lipinski definition) is 4. The van der Waals surface area contributed by atoms with Crippen LogP contribution in [0.5, 0.6) is 0 Å². The van der Waals surface area contributed by atoms with E-state index in [1.54, 1.807) is 0 Å². The lowest BCUT2D eigenvalue weighted by molar-refractivity contribution is 0.312. The van der Waals surface area contributed by atoms with Gasteiger partial charge in [-0.05, 0) is 49.2 Å². The van der Waals surface area contributed by atoms with Crippen molar-refractivity contribution in [3.8, 4) is 0 Å². The molecule has 1 aromatic carbocycles. The Morgan fingerprint density at radius 2 is 1.93 bits per heavy atom. The number of anilines is 1. The molecule has 0 radical (unpaired) electrons. The van der Waals surface area contributed by atoms with Crippen molar-refractivity contribution in [2.45, 2.75) is 24.8 Å². The summed E-state index contributed by atoms with van der Waals surface area (Å²) in [6, 6.07) is 12.5. The summed E-state index contributed by atoms with van der Waals surface area (Å²) < 4.78 is 0. The first kappa shape index (κ1) is 20.9. The highest BCUT2D eigenvalue weighted by atomic mass is 35.5. The van der Waals surface area contributed by atoms with Crippen molar-refractivity contribution in [1.29, 1.82) is 0 Å². The predicted octanol–water partition coefficient (Wildman–Crippen LogP) is 2.88. The Morgan fingerprint density at radius 1 is 1.13 bits per heavy atom. The highest BCUT2D eigenvalue weighted by Crippen LogP contribution is 2.48. The Bertz CT molecular complexity index is 870. The Hall–Kier alpha value is -2.31. The van der Waals surface area contributed by atoms with Gasteiger partial charge in [-0.25, -0.2) is 4.98 Å². The Morgan fingerprint density at radius 3 is 2.57 bits per heavy atom. The molecule has 0 spiro atoms. The molecule has 6 nitrogen and oxygen atoms in total. The summed E-state index contributed by atoms with van der Waals surface area (Å²) in [5, 5.41) is 7.70. The number of pyridine rings is 1. The highest BCUT2D eigenvalue weighted by molar-refractivity contribution is 6.30. The van der Waals surface area contributed by atoms with Gasteiger partial charge in [0.25, 0.3) is 0 Å². The van der Waals surface area contributed by atoms with Crippen LogP contribution in [0.1, 0.15) is 24.0 Å². The quantitative estimate of drug-likeness (QED) is 0.549. The van der Waals surface area contributed by atoms with E-state index in [-0.39, 0.29) is 5.41 Å². The molecule has 0 bridgehead atoms. The maximum Gasteiger partial charge on any atom is 0.191 e. The third kappa shape index (κ3) is 5.05. The molecule has 2 aromatic rings. The van der Waals surface area contributed by atoms with Crippen molar-refractivity contribution in [2.75, 3.05) is 51.7 Å². The summed E-state index contributed by atoms with van der Waals surface area (Å²) >= 11 is 6.19. The molecule has 1 aliphatic heterocycles. The Balaban J connectivity index is 1.27. The highest BCUT2D eigenvalue weighted by Gasteiger charge is 2.44. The number of piperazine rings is 1. The maximum atomic E-state index is 6.19. The summed E-state index contributed by atoms with van der Waals surface area (Å²) in [4.78, 5) is 13.7. The molecule has 4 rings (SSSR count). The van der Waals surface area contributed by atoms with Crippen LogP contribution in [0.25, 0.3) is 0 Å². The van der Waals surface area contributed by atoms with E-state index in [0.717, 1.165) is 55.1 Å². The van der Waals surface area contributed by atoms with Gasteiger partial charge in [-0.3, -0.25) is 4.99 Å². The molecule has 2 fully saturated rings. The third-order valence-corrected chi connectivity index (χ3v) is 6.44. The minimum atomic E-state index is 0.175. The number of halogens is 1. The van der Waals surface area contributed by atoms with Gasteiger partial charge in [0.05, 0.1) is 0 Å². The topological polar surface area (TPSA) is 55.8 Å². The largest absolute Gasteiger partial charge is 0.356 e. The molecule has 2 N–H and O–H groups in total. The summed E-state index contributed by atoms with van der Waals surface area (Å²) in [5.41, 5.74) is 2.63. The van der Waals surface area contributed by atoms with Crippen molar-refractivity contribution >= 4 is 23.4 Å². The van der Waals surface area contributed by atoms with Crippen LogP contribution in [0, 0.1) is 0 Å². The standard InChI is InChI=1S/C23H31ClN6/c1-25-22(28-17-23(8-9-23)19-4-3-5-20(24)14-19)27-16-18-6-7-21(26-15-18)30-12-10-29(2)11-13-30/h3-7,14-15H,8-13,16-17H2,1-2H3,(H2,25,27,28). The van der Waals surface area contributed by atoms with Crippen LogP contribution >= 0.6 is 11.6 Å². The van der Waals surface area contributed by atoms with E-state index < -0.39 is 0 Å². The Labute approximate surface area is 184 Å². The zero-order valence-corrected chi connectivity index (χ0v) is 18.6. The molecule has 0 unspecified atom stereocenters. The number of aromatic nitrogens is 1. The van der Waals surface area contributed by atoms with E-state index >= 15 is 0 Å². The number of nitrogens with zero attached hydrogens (tertiary/aromatic N) is 4. The van der Waals surface area contributed by atoms with E-state index in [2.05, 4.69) is 61.7 Å². The third-order valence-electron chi connectivity index (χ3n) is 6.20. The number of hydrogen-bond donors (Lipinski definition) is 2. The fourth-order valence-corrected chi connectivity index (χ4v) is 4.13. The van der Waals surface area contributed by atoms with Crippen molar-refractivity contribution in [3.63, 3.8) is 0 Å². The molecule has 160 valence electrons. The molecule has 1 saturated heterocycles. The van der Waals surface area contributed by atoms with Crippen LogP contribution in [0.2, 0.25) is 5.02 Å². The summed E-state index contributed by atoms with van der Waals surface area (Å²) in [6.07, 6.45) is 4.31. The van der Waals surface area contributed by atoms with Crippen molar-refractivity contribution in [3.05, 3.63) is 58.7 Å². The van der Waals surface area contributed by atoms with Gasteiger partial charge in [0.2, 0.25) is 0 Å². The van der Waals surface area contributed by atoms with Crippen molar-refractivity contribution < 1.29 is 0 Å². The number of likely N-dealkylation sites (N-methyl/N-ethyl adjacent to an activating group) is 1. The SMILES string of the molecule is CN=C(NCc1ccc(N2CCN(C)CC2)nc1)NCC1(c2cccc(Cl)c2)CC1. The van der Waals surface area contributed by atoms with Gasteiger partial charge >= 0.3 is 0 Å². The van der Waals surface area contributed by atoms with Gasteiger partial charge in [0, 0.05) is 63.0 Å². The number of nitrogens with one attached hydrogen (secondary N) is 2. The number of guanidine groups is 1. The molecule has 1 aliphatic carbocycles. The van der Waals surface area contributed by atoms with E-state index in [1.165, 1.54) is 18.4 Å². The van der Waals surface area contributed by atoms with Crippen LogP contribution in [0.15, 0.2) is 47.6 Å². The minimum absolute atomic E-state index is 0.175. The zero-order chi connectivity index (χ0) is 21.0. The average molecular weight is 427 g/mol. The van der Waals surface area contributed by atoms with Crippen LogP contribution < -0.4 is 15.5 Å². The molecule has 0 atom stereocenters. The van der Waals surface area contributed by atoms with Crippen molar-refractivity contribution in [2.24, 2.45) is 4.99 Å². The first-order valence-corrected chi connectivity index (χ1v) is 11.0. The van der Waals surface area contributed by atoms with Gasteiger partial charge in [-0.1, -0.05) is 29.8 Å². The number of aliphatic imine (C=N–C) groups is 1. The molecule has 2 heterocycles. The fraction of sp³-hybridized carbons (Fsp3) is 0.478. The van der Waals surface area contributed by atoms with Gasteiger partial charge in [-0.15, -0.1) is 0 Å². The van der Waals surface area contributed by atoms with E-state index in [9.17, 15) is 0 Å². The molecule has 2 aliphatic rings. The summed E-state index contributed by atoms with van der Waals surface area (Å²) in [5.74, 6) is 1.87. The van der Waals surface area contributed by atoms with Gasteiger partial charge in [-0.2, -0.15) is 0 Å². The van der Waals surface area contributed by atoms with E-state index in [4.69, 9.17) is 11.6 Å². The second-order valence-corrected chi connectivity index (χ2v) is 8.82. The first-order chi connectivity index (χ1) is 14.6. The average Bonchev–Trinajstić information content (AvgIpc) is 3.56. The summed E-state index contributed by atoms with van der Waals surface area (Å²) in [6.45, 7) is 5.79. The van der Waals surface area contributed by atoms with Gasteiger partial charge in [0.1, 0.15) is 5.82 Å². The molecule has 30 heavy (non-hydrogen) atoms. The Kier molecular flexibility index (Phi) is 6.44. The molecular formula is C23H31ClN6. The monoisotopic (exact) mass is 426 g/mol. The molecule has 1 saturated carbocycles. The van der Waals surface area contributed by atoms with Gasteiger partial charge < -0.3 is 20.4 Å².